The lowest BCUT2D eigenvalue weighted by Crippen LogP contribution is -2.15. The molecule has 140 valence electrons. The number of aromatic amines is 1. The molecule has 4 aromatic rings. The Hall–Kier alpha value is -3.78. The molecule has 1 unspecified atom stereocenters. The first-order valence-electron chi connectivity index (χ1n) is 8.69. The first-order chi connectivity index (χ1) is 13.7. The maximum atomic E-state index is 6.43. The van der Waals surface area contributed by atoms with Crippen LogP contribution in [-0.4, -0.2) is 32.3 Å². The van der Waals surface area contributed by atoms with Gasteiger partial charge in [-0.05, 0) is 42.0 Å². The summed E-state index contributed by atoms with van der Waals surface area (Å²) in [7, 11) is 1.62. The molecule has 0 fully saturated rings. The number of methoxy groups -OCH3 is 1. The second-order valence-corrected chi connectivity index (χ2v) is 6.06. The summed E-state index contributed by atoms with van der Waals surface area (Å²) in [5, 5.41) is 10.4. The average Bonchev–Trinajstić information content (AvgIpc) is 3.22. The van der Waals surface area contributed by atoms with Crippen molar-refractivity contribution in [1.82, 2.24) is 25.1 Å². The van der Waals surface area contributed by atoms with E-state index in [4.69, 9.17) is 10.5 Å². The van der Waals surface area contributed by atoms with E-state index in [1.165, 1.54) is 0 Å². The summed E-state index contributed by atoms with van der Waals surface area (Å²) < 4.78 is 5.24. The van der Waals surface area contributed by atoms with E-state index in [1.54, 1.807) is 25.7 Å². The largest absolute Gasteiger partial charge is 0.497 e. The van der Waals surface area contributed by atoms with Gasteiger partial charge in [0, 0.05) is 35.9 Å². The van der Waals surface area contributed by atoms with Crippen LogP contribution in [0.4, 0.5) is 11.6 Å². The van der Waals surface area contributed by atoms with Crippen LogP contribution in [0.3, 0.4) is 0 Å². The number of H-pyrrole nitrogens is 1. The maximum Gasteiger partial charge on any atom is 0.246 e. The van der Waals surface area contributed by atoms with Gasteiger partial charge in [0.25, 0.3) is 0 Å². The molecule has 0 spiro atoms. The van der Waals surface area contributed by atoms with E-state index in [-0.39, 0.29) is 0 Å². The number of aromatic nitrogens is 5. The van der Waals surface area contributed by atoms with Crippen LogP contribution in [0.5, 0.6) is 5.75 Å². The zero-order chi connectivity index (χ0) is 19.3. The Morgan fingerprint density at radius 3 is 2.75 bits per heavy atom. The van der Waals surface area contributed by atoms with Crippen molar-refractivity contribution >= 4 is 11.6 Å². The number of pyridine rings is 2. The Balaban J connectivity index is 1.62. The maximum absolute atomic E-state index is 6.43. The van der Waals surface area contributed by atoms with E-state index in [9.17, 15) is 0 Å². The number of nitrogens with zero attached hydrogens (tertiary/aromatic N) is 4. The summed E-state index contributed by atoms with van der Waals surface area (Å²) in [5.41, 5.74) is 9.68. The van der Waals surface area contributed by atoms with Crippen molar-refractivity contribution in [3.05, 3.63) is 78.4 Å². The third kappa shape index (κ3) is 3.67. The highest BCUT2D eigenvalue weighted by atomic mass is 16.5. The zero-order valence-corrected chi connectivity index (χ0v) is 15.2. The summed E-state index contributed by atoms with van der Waals surface area (Å²) in [6.07, 6.45) is 5.14. The number of hydrogen-bond donors (Lipinski definition) is 3. The SMILES string of the molecule is COc1cccc(Nc2n[nH]c(-c3cccnc3C(N)c3ccncc3)n2)c1. The van der Waals surface area contributed by atoms with Gasteiger partial charge in [-0.2, -0.15) is 4.98 Å². The Labute approximate surface area is 161 Å². The number of anilines is 2. The number of benzene rings is 1. The predicted octanol–water partition coefficient (Wildman–Crippen LogP) is 3.06. The van der Waals surface area contributed by atoms with Gasteiger partial charge in [-0.25, -0.2) is 0 Å². The third-order valence-electron chi connectivity index (χ3n) is 4.26. The summed E-state index contributed by atoms with van der Waals surface area (Å²) in [4.78, 5) is 13.1. The minimum Gasteiger partial charge on any atom is -0.497 e. The first kappa shape index (κ1) is 17.6. The van der Waals surface area contributed by atoms with Crippen molar-refractivity contribution in [3.8, 4) is 17.1 Å². The molecule has 4 N–H and O–H groups in total. The first-order valence-corrected chi connectivity index (χ1v) is 8.69. The molecule has 3 aromatic heterocycles. The van der Waals surface area contributed by atoms with E-state index < -0.39 is 6.04 Å². The van der Waals surface area contributed by atoms with Gasteiger partial charge in [-0.15, -0.1) is 5.10 Å². The highest BCUT2D eigenvalue weighted by Crippen LogP contribution is 2.27. The number of rotatable bonds is 6. The minimum atomic E-state index is -0.404. The molecule has 0 bridgehead atoms. The van der Waals surface area contributed by atoms with E-state index in [0.717, 1.165) is 22.6 Å². The molecular formula is C20H19N7O. The van der Waals surface area contributed by atoms with Gasteiger partial charge in [-0.3, -0.25) is 15.1 Å². The molecule has 0 aliphatic heterocycles. The van der Waals surface area contributed by atoms with Crippen LogP contribution in [-0.2, 0) is 0 Å². The monoisotopic (exact) mass is 373 g/mol. The fraction of sp³-hybridized carbons (Fsp3) is 0.100. The smallest absolute Gasteiger partial charge is 0.246 e. The molecule has 0 aliphatic rings. The van der Waals surface area contributed by atoms with Crippen molar-refractivity contribution in [3.63, 3.8) is 0 Å². The van der Waals surface area contributed by atoms with Crippen molar-refractivity contribution in [2.24, 2.45) is 5.73 Å². The predicted molar refractivity (Wildman–Crippen MR) is 106 cm³/mol. The van der Waals surface area contributed by atoms with Gasteiger partial charge in [0.2, 0.25) is 5.95 Å². The van der Waals surface area contributed by atoms with Crippen LogP contribution in [0.25, 0.3) is 11.4 Å². The fourth-order valence-corrected chi connectivity index (χ4v) is 2.86. The van der Waals surface area contributed by atoms with E-state index in [2.05, 4.69) is 30.5 Å². The number of ether oxygens (including phenoxy) is 1. The molecule has 0 amide bonds. The minimum absolute atomic E-state index is 0.404. The van der Waals surface area contributed by atoms with Gasteiger partial charge in [0.15, 0.2) is 5.82 Å². The fourth-order valence-electron chi connectivity index (χ4n) is 2.86. The molecule has 0 saturated heterocycles. The zero-order valence-electron chi connectivity index (χ0n) is 15.2. The van der Waals surface area contributed by atoms with Crippen LogP contribution in [0.2, 0.25) is 0 Å². The molecule has 0 saturated carbocycles. The summed E-state index contributed by atoms with van der Waals surface area (Å²) >= 11 is 0. The molecule has 0 aliphatic carbocycles. The van der Waals surface area contributed by atoms with Crippen LogP contribution in [0.1, 0.15) is 17.3 Å². The molecule has 4 rings (SSSR count). The Kier molecular flexibility index (Phi) is 4.94. The van der Waals surface area contributed by atoms with E-state index >= 15 is 0 Å². The molecule has 0 radical (unpaired) electrons. The number of nitrogens with two attached hydrogens (primary N) is 1. The summed E-state index contributed by atoms with van der Waals surface area (Å²) in [5.74, 6) is 1.77. The Morgan fingerprint density at radius 2 is 1.93 bits per heavy atom. The van der Waals surface area contributed by atoms with Gasteiger partial charge >= 0.3 is 0 Å². The van der Waals surface area contributed by atoms with Gasteiger partial charge in [0.1, 0.15) is 5.75 Å². The molecular weight excluding hydrogens is 354 g/mol. The molecule has 1 atom stereocenters. The second kappa shape index (κ2) is 7.85. The molecule has 8 heteroatoms. The van der Waals surface area contributed by atoms with Gasteiger partial charge < -0.3 is 15.8 Å². The van der Waals surface area contributed by atoms with Crippen molar-refractivity contribution in [2.45, 2.75) is 6.04 Å². The summed E-state index contributed by atoms with van der Waals surface area (Å²) in [6, 6.07) is 14.6. The van der Waals surface area contributed by atoms with Crippen molar-refractivity contribution < 1.29 is 4.74 Å². The number of nitrogens with one attached hydrogen (secondary N) is 2. The highest BCUT2D eigenvalue weighted by molar-refractivity contribution is 5.63. The van der Waals surface area contributed by atoms with E-state index in [1.807, 2.05) is 48.5 Å². The molecule has 1 aromatic carbocycles. The lowest BCUT2D eigenvalue weighted by molar-refractivity contribution is 0.415. The Bertz CT molecular complexity index is 1060. The van der Waals surface area contributed by atoms with Crippen molar-refractivity contribution in [2.75, 3.05) is 12.4 Å². The van der Waals surface area contributed by atoms with Crippen LogP contribution >= 0.6 is 0 Å². The second-order valence-electron chi connectivity index (χ2n) is 6.06. The van der Waals surface area contributed by atoms with Crippen LogP contribution < -0.4 is 15.8 Å². The Morgan fingerprint density at radius 1 is 1.07 bits per heavy atom. The third-order valence-corrected chi connectivity index (χ3v) is 4.26. The quantitative estimate of drug-likeness (QED) is 0.476. The average molecular weight is 373 g/mol. The van der Waals surface area contributed by atoms with Gasteiger partial charge in [-0.1, -0.05) is 6.07 Å². The molecule has 28 heavy (non-hydrogen) atoms. The molecule has 8 nitrogen and oxygen atoms in total. The highest BCUT2D eigenvalue weighted by Gasteiger charge is 2.18. The van der Waals surface area contributed by atoms with Crippen LogP contribution in [0.15, 0.2) is 67.1 Å². The van der Waals surface area contributed by atoms with Gasteiger partial charge in [0.05, 0.1) is 18.8 Å². The normalized spacial score (nSPS) is 11.8. The standard InChI is InChI=1S/C20H19N7O/c1-28-15-5-2-4-14(12-15)24-20-25-19(26-27-20)16-6-3-9-23-18(16)17(21)13-7-10-22-11-8-13/h2-12,17H,21H2,1H3,(H2,24,25,26,27). The van der Waals surface area contributed by atoms with E-state index in [0.29, 0.717) is 17.5 Å². The summed E-state index contributed by atoms with van der Waals surface area (Å²) in [6.45, 7) is 0. The van der Waals surface area contributed by atoms with Crippen molar-refractivity contribution in [1.29, 1.82) is 0 Å². The lowest BCUT2D eigenvalue weighted by Gasteiger charge is -2.14. The lowest BCUT2D eigenvalue weighted by atomic mass is 10.0. The topological polar surface area (TPSA) is 115 Å². The van der Waals surface area contributed by atoms with Crippen LogP contribution in [0, 0.1) is 0 Å². The number of hydrogen-bond acceptors (Lipinski definition) is 7. The molecule has 3 heterocycles.